The van der Waals surface area contributed by atoms with E-state index < -0.39 is 0 Å². The van der Waals surface area contributed by atoms with Gasteiger partial charge in [-0.25, -0.2) is 0 Å². The molecule has 5 heteroatoms. The van der Waals surface area contributed by atoms with E-state index in [1.807, 2.05) is 13.8 Å². The van der Waals surface area contributed by atoms with E-state index in [1.54, 1.807) is 0 Å². The highest BCUT2D eigenvalue weighted by Crippen LogP contribution is 2.23. The Bertz CT molecular complexity index is 356. The summed E-state index contributed by atoms with van der Waals surface area (Å²) in [7, 11) is 0. The summed E-state index contributed by atoms with van der Waals surface area (Å²) < 4.78 is 15.6. The van der Waals surface area contributed by atoms with Crippen molar-refractivity contribution in [3.8, 4) is 0 Å². The first-order valence-corrected chi connectivity index (χ1v) is 9.87. The smallest absolute Gasteiger partial charge is 0.308 e. The van der Waals surface area contributed by atoms with Crippen LogP contribution in [0, 0.1) is 11.8 Å². The summed E-state index contributed by atoms with van der Waals surface area (Å²) in [5.74, 6) is 0.255. The van der Waals surface area contributed by atoms with Gasteiger partial charge in [-0.15, -0.1) is 0 Å². The first kappa shape index (κ1) is 23.9. The van der Waals surface area contributed by atoms with Crippen LogP contribution in [0.3, 0.4) is 0 Å². The second kappa shape index (κ2) is 15.2. The number of unbranched alkanes of at least 4 members (excludes halogenated alkanes) is 2. The molecular weight excluding hydrogens is 320 g/mol. The van der Waals surface area contributed by atoms with Crippen LogP contribution in [-0.2, 0) is 23.8 Å². The summed E-state index contributed by atoms with van der Waals surface area (Å²) >= 11 is 0. The zero-order chi connectivity index (χ0) is 19.1. The molecule has 0 aromatic carbocycles. The number of ether oxygens (including phenoxy) is 3. The summed E-state index contributed by atoms with van der Waals surface area (Å²) in [6.07, 6.45) is 7.73. The minimum Gasteiger partial charge on any atom is -0.466 e. The number of hydrogen-bond donors (Lipinski definition) is 0. The molecule has 0 spiro atoms. The molecule has 0 amide bonds. The molecule has 0 aromatic heterocycles. The first-order valence-electron chi connectivity index (χ1n) is 9.87. The van der Waals surface area contributed by atoms with E-state index in [1.165, 1.54) is 26.2 Å². The fourth-order valence-corrected chi connectivity index (χ4v) is 2.91. The van der Waals surface area contributed by atoms with Crippen LogP contribution in [0.25, 0.3) is 0 Å². The molecule has 0 N–H and O–H groups in total. The van der Waals surface area contributed by atoms with Crippen molar-refractivity contribution in [2.45, 2.75) is 85.7 Å². The molecule has 0 aliphatic carbocycles. The zero-order valence-corrected chi connectivity index (χ0v) is 16.8. The zero-order valence-electron chi connectivity index (χ0n) is 16.8. The lowest BCUT2D eigenvalue weighted by Gasteiger charge is -2.30. The largest absolute Gasteiger partial charge is 0.466 e. The van der Waals surface area contributed by atoms with Crippen molar-refractivity contribution < 1.29 is 23.8 Å². The Labute approximate surface area is 153 Å². The molecule has 25 heavy (non-hydrogen) atoms. The van der Waals surface area contributed by atoms with E-state index in [9.17, 15) is 9.59 Å². The molecule has 5 nitrogen and oxygen atoms in total. The predicted octanol–water partition coefficient (Wildman–Crippen LogP) is 4.52. The van der Waals surface area contributed by atoms with E-state index in [0.29, 0.717) is 12.5 Å². The minimum absolute atomic E-state index is 0.0654. The molecule has 1 heterocycles. The molecule has 3 unspecified atom stereocenters. The van der Waals surface area contributed by atoms with Gasteiger partial charge in [0.05, 0.1) is 25.7 Å². The van der Waals surface area contributed by atoms with Crippen molar-refractivity contribution in [3.63, 3.8) is 0 Å². The second-order valence-electron chi connectivity index (χ2n) is 6.71. The lowest BCUT2D eigenvalue weighted by atomic mass is 9.92. The molecular formula is C20H38O5. The Balaban J connectivity index is 0.000000504. The van der Waals surface area contributed by atoms with Crippen LogP contribution in [0.4, 0.5) is 0 Å². The monoisotopic (exact) mass is 358 g/mol. The van der Waals surface area contributed by atoms with Gasteiger partial charge >= 0.3 is 11.9 Å². The van der Waals surface area contributed by atoms with Crippen LogP contribution in [0.2, 0.25) is 0 Å². The first-order chi connectivity index (χ1) is 12.0. The van der Waals surface area contributed by atoms with Crippen molar-refractivity contribution in [1.29, 1.82) is 0 Å². The number of rotatable bonds is 9. The Morgan fingerprint density at radius 3 is 2.44 bits per heavy atom. The summed E-state index contributed by atoms with van der Waals surface area (Å²) in [5.41, 5.74) is 0. The van der Waals surface area contributed by atoms with Crippen molar-refractivity contribution in [3.05, 3.63) is 0 Å². The van der Waals surface area contributed by atoms with Gasteiger partial charge in [-0.2, -0.15) is 0 Å². The summed E-state index contributed by atoms with van der Waals surface area (Å²) in [6.45, 7) is 11.4. The van der Waals surface area contributed by atoms with Crippen molar-refractivity contribution in [2.75, 3.05) is 19.8 Å². The summed E-state index contributed by atoms with van der Waals surface area (Å²) in [6, 6.07) is 0. The second-order valence-corrected chi connectivity index (χ2v) is 6.71. The molecule has 1 rings (SSSR count). The maximum Gasteiger partial charge on any atom is 0.308 e. The van der Waals surface area contributed by atoms with Crippen LogP contribution in [0.1, 0.15) is 79.6 Å². The van der Waals surface area contributed by atoms with Gasteiger partial charge in [0.25, 0.3) is 0 Å². The molecule has 148 valence electrons. The molecule has 1 aliphatic rings. The van der Waals surface area contributed by atoms with E-state index in [-0.39, 0.29) is 24.0 Å². The highest BCUT2D eigenvalue weighted by Gasteiger charge is 2.27. The summed E-state index contributed by atoms with van der Waals surface area (Å²) in [5, 5.41) is 0. The highest BCUT2D eigenvalue weighted by molar-refractivity contribution is 5.71. The number of esters is 2. The lowest BCUT2D eigenvalue weighted by molar-refractivity contribution is -0.156. The molecule has 3 atom stereocenters. The van der Waals surface area contributed by atoms with Crippen LogP contribution in [0.15, 0.2) is 0 Å². The van der Waals surface area contributed by atoms with Gasteiger partial charge in [-0.3, -0.25) is 9.59 Å². The van der Waals surface area contributed by atoms with Gasteiger partial charge in [0.15, 0.2) is 0 Å². The SMILES string of the molecule is CCCC(C)C(=O)OCC.CCCCCC1COCCC1OC(C)=O. The van der Waals surface area contributed by atoms with Gasteiger partial charge in [0.2, 0.25) is 0 Å². The normalized spacial score (nSPS) is 20.8. The Kier molecular flexibility index (Phi) is 14.5. The molecule has 1 aliphatic heterocycles. The van der Waals surface area contributed by atoms with Crippen LogP contribution in [-0.4, -0.2) is 37.9 Å². The topological polar surface area (TPSA) is 61.8 Å². The van der Waals surface area contributed by atoms with Gasteiger partial charge in [-0.05, 0) is 19.8 Å². The third-order valence-corrected chi connectivity index (χ3v) is 4.31. The van der Waals surface area contributed by atoms with Crippen molar-refractivity contribution >= 4 is 11.9 Å². The molecule has 0 radical (unpaired) electrons. The van der Waals surface area contributed by atoms with Gasteiger partial charge in [-0.1, -0.05) is 46.5 Å². The summed E-state index contributed by atoms with van der Waals surface area (Å²) in [4.78, 5) is 21.8. The Morgan fingerprint density at radius 2 is 1.88 bits per heavy atom. The molecule has 0 bridgehead atoms. The van der Waals surface area contributed by atoms with E-state index in [2.05, 4.69) is 13.8 Å². The Morgan fingerprint density at radius 1 is 1.16 bits per heavy atom. The van der Waals surface area contributed by atoms with E-state index >= 15 is 0 Å². The average molecular weight is 359 g/mol. The molecule has 0 saturated carbocycles. The fourth-order valence-electron chi connectivity index (χ4n) is 2.91. The number of carbonyl (C=O) groups excluding carboxylic acids is 2. The molecule has 1 fully saturated rings. The lowest BCUT2D eigenvalue weighted by Crippen LogP contribution is -2.35. The number of carbonyl (C=O) groups is 2. The highest BCUT2D eigenvalue weighted by atomic mass is 16.6. The number of hydrogen-bond acceptors (Lipinski definition) is 5. The maximum atomic E-state index is 10.9. The quantitative estimate of drug-likeness (QED) is 0.448. The van der Waals surface area contributed by atoms with E-state index in [4.69, 9.17) is 14.2 Å². The fraction of sp³-hybridized carbons (Fsp3) is 0.900. The molecule has 1 saturated heterocycles. The Hall–Kier alpha value is -1.10. The maximum absolute atomic E-state index is 10.9. The van der Waals surface area contributed by atoms with Crippen LogP contribution < -0.4 is 0 Å². The van der Waals surface area contributed by atoms with Crippen molar-refractivity contribution in [2.24, 2.45) is 11.8 Å². The standard InChI is InChI=1S/C12H22O3.C8H16O2/c1-3-4-5-6-11-9-14-8-7-12(11)15-10(2)13;1-4-6-7(3)8(9)10-5-2/h11-12H,3-9H2,1-2H3;7H,4-6H2,1-3H3. The van der Waals surface area contributed by atoms with Gasteiger partial charge in [0, 0.05) is 19.3 Å². The predicted molar refractivity (Wildman–Crippen MR) is 99.3 cm³/mol. The average Bonchev–Trinajstić information content (AvgIpc) is 2.57. The third-order valence-electron chi connectivity index (χ3n) is 4.31. The van der Waals surface area contributed by atoms with Crippen LogP contribution in [0.5, 0.6) is 0 Å². The van der Waals surface area contributed by atoms with Gasteiger partial charge in [0.1, 0.15) is 6.10 Å². The molecule has 0 aromatic rings. The van der Waals surface area contributed by atoms with Crippen molar-refractivity contribution in [1.82, 2.24) is 0 Å². The van der Waals surface area contributed by atoms with E-state index in [0.717, 1.165) is 38.9 Å². The van der Waals surface area contributed by atoms with Crippen LogP contribution >= 0.6 is 0 Å². The third kappa shape index (κ3) is 12.0. The van der Waals surface area contributed by atoms with Gasteiger partial charge < -0.3 is 14.2 Å². The minimum atomic E-state index is -0.164.